The van der Waals surface area contributed by atoms with Gasteiger partial charge in [-0.3, -0.25) is 9.36 Å². The lowest BCUT2D eigenvalue weighted by Crippen LogP contribution is -2.35. The molecule has 0 N–H and O–H groups in total. The molecule has 0 amide bonds. The van der Waals surface area contributed by atoms with Crippen LogP contribution < -0.4 is 29.1 Å². The fraction of sp³-hybridized carbons (Fsp3) is 0.219. The topological polar surface area (TPSA) is 88.3 Å². The van der Waals surface area contributed by atoms with Gasteiger partial charge in [0.2, 0.25) is 0 Å². The number of carbonyl (C=O) groups excluding carboxylic acids is 1. The van der Waals surface area contributed by atoms with Gasteiger partial charge in [0.1, 0.15) is 18.4 Å². The van der Waals surface area contributed by atoms with Crippen molar-refractivity contribution in [2.24, 2.45) is 4.99 Å². The zero-order valence-corrected chi connectivity index (χ0v) is 24.1. The van der Waals surface area contributed by atoms with Crippen LogP contribution in [0, 0.1) is 0 Å². The average Bonchev–Trinajstić information content (AvgIpc) is 3.31. The van der Waals surface area contributed by atoms with Crippen molar-refractivity contribution < 1.29 is 23.7 Å². The largest absolute Gasteiger partial charge is 0.497 e. The Morgan fingerprint density at radius 1 is 1.00 bits per heavy atom. The summed E-state index contributed by atoms with van der Waals surface area (Å²) in [6, 6.07) is 22.1. The van der Waals surface area contributed by atoms with E-state index in [0.717, 1.165) is 16.7 Å². The second-order valence-electron chi connectivity index (χ2n) is 9.24. The summed E-state index contributed by atoms with van der Waals surface area (Å²) in [7, 11) is 3.17. The molecule has 8 nitrogen and oxygen atoms in total. The van der Waals surface area contributed by atoms with Crippen molar-refractivity contribution in [2.45, 2.75) is 26.5 Å². The summed E-state index contributed by atoms with van der Waals surface area (Å²) in [5.41, 5.74) is 3.18. The summed E-state index contributed by atoms with van der Waals surface area (Å²) in [5.74, 6) is 1.35. The summed E-state index contributed by atoms with van der Waals surface area (Å²) in [4.78, 5) is 32.0. The lowest BCUT2D eigenvalue weighted by atomic mass is 9.96. The molecule has 1 aliphatic rings. The van der Waals surface area contributed by atoms with Crippen molar-refractivity contribution in [1.82, 2.24) is 4.57 Å². The third-order valence-electron chi connectivity index (χ3n) is 6.69. The van der Waals surface area contributed by atoms with Crippen molar-refractivity contribution in [3.05, 3.63) is 115 Å². The van der Waals surface area contributed by atoms with Gasteiger partial charge >= 0.3 is 5.97 Å². The number of rotatable bonds is 9. The molecule has 2 heterocycles. The predicted octanol–water partition coefficient (Wildman–Crippen LogP) is 4.50. The summed E-state index contributed by atoms with van der Waals surface area (Å²) >= 11 is 1.26. The normalized spacial score (nSPS) is 14.7. The van der Waals surface area contributed by atoms with Crippen LogP contribution in [0.3, 0.4) is 0 Å². The Kier molecular flexibility index (Phi) is 8.35. The van der Waals surface area contributed by atoms with E-state index in [-0.39, 0.29) is 12.2 Å². The van der Waals surface area contributed by atoms with E-state index in [4.69, 9.17) is 23.9 Å². The molecule has 41 heavy (non-hydrogen) atoms. The predicted molar refractivity (Wildman–Crippen MR) is 158 cm³/mol. The molecule has 0 saturated carbocycles. The van der Waals surface area contributed by atoms with E-state index in [1.165, 1.54) is 15.9 Å². The van der Waals surface area contributed by atoms with Gasteiger partial charge in [0.25, 0.3) is 5.56 Å². The zero-order valence-electron chi connectivity index (χ0n) is 23.2. The highest BCUT2D eigenvalue weighted by Gasteiger charge is 2.31. The highest BCUT2D eigenvalue weighted by molar-refractivity contribution is 7.07. The van der Waals surface area contributed by atoms with Crippen molar-refractivity contribution in [1.29, 1.82) is 0 Å². The zero-order chi connectivity index (χ0) is 28.9. The molecule has 0 saturated heterocycles. The number of thiazole rings is 1. The van der Waals surface area contributed by atoms with Crippen LogP contribution in [0.4, 0.5) is 0 Å². The minimum atomic E-state index is -0.619. The number of carbonyl (C=O) groups is 1. The Labute approximate surface area is 241 Å². The van der Waals surface area contributed by atoms with Crippen LogP contribution in [0.2, 0.25) is 0 Å². The summed E-state index contributed by atoms with van der Waals surface area (Å²) in [5, 5.41) is 0. The quantitative estimate of drug-likeness (QED) is 0.275. The minimum Gasteiger partial charge on any atom is -0.497 e. The number of nitrogens with zero attached hydrogens (tertiary/aromatic N) is 2. The van der Waals surface area contributed by atoms with Crippen LogP contribution in [-0.2, 0) is 16.1 Å². The first-order valence-electron chi connectivity index (χ1n) is 13.1. The SMILES string of the molecule is CCOC(=O)C1=C(C)n2c(s/c(=C\c3ccc(OCc4ccccc4)c(OC)c3)c2=O)=N[C@@H]1c1ccc(OC)cc1. The van der Waals surface area contributed by atoms with E-state index in [1.54, 1.807) is 34.1 Å². The second-order valence-corrected chi connectivity index (χ2v) is 10.3. The lowest BCUT2D eigenvalue weighted by Gasteiger charge is -2.22. The molecule has 0 bridgehead atoms. The highest BCUT2D eigenvalue weighted by atomic mass is 32.1. The van der Waals surface area contributed by atoms with E-state index < -0.39 is 12.0 Å². The molecule has 4 aromatic rings. The van der Waals surface area contributed by atoms with Crippen LogP contribution in [0.1, 0.15) is 36.6 Å². The summed E-state index contributed by atoms with van der Waals surface area (Å²) < 4.78 is 24.1. The molecule has 1 aliphatic heterocycles. The van der Waals surface area contributed by atoms with Gasteiger partial charge in [-0.05, 0) is 60.9 Å². The van der Waals surface area contributed by atoms with E-state index >= 15 is 0 Å². The standard InChI is InChI=1S/C32H30N2O6S/c1-5-39-31(36)28-20(2)34-30(35)27(41-32(34)33-29(28)23-12-14-24(37-3)15-13-23)18-22-11-16-25(26(17-22)38-4)40-19-21-9-7-6-8-10-21/h6-18,29H,5,19H2,1-4H3/b27-18-/t29-/m1/s1. The Balaban J connectivity index is 1.54. The number of benzene rings is 3. The molecule has 9 heteroatoms. The molecule has 0 fully saturated rings. The van der Waals surface area contributed by atoms with Gasteiger partial charge in [-0.15, -0.1) is 0 Å². The smallest absolute Gasteiger partial charge is 0.338 e. The Morgan fingerprint density at radius 3 is 2.44 bits per heavy atom. The number of aromatic nitrogens is 1. The number of ether oxygens (including phenoxy) is 4. The maximum Gasteiger partial charge on any atom is 0.338 e. The van der Waals surface area contributed by atoms with E-state index in [1.807, 2.05) is 72.8 Å². The van der Waals surface area contributed by atoms with Crippen molar-refractivity contribution in [2.75, 3.05) is 20.8 Å². The van der Waals surface area contributed by atoms with Crippen LogP contribution in [-0.4, -0.2) is 31.4 Å². The van der Waals surface area contributed by atoms with Crippen LogP contribution in [0.25, 0.3) is 11.8 Å². The molecule has 210 valence electrons. The van der Waals surface area contributed by atoms with E-state index in [0.29, 0.717) is 44.5 Å². The van der Waals surface area contributed by atoms with Gasteiger partial charge in [0.15, 0.2) is 16.3 Å². The van der Waals surface area contributed by atoms with Gasteiger partial charge < -0.3 is 18.9 Å². The fourth-order valence-corrected chi connectivity index (χ4v) is 5.66. The van der Waals surface area contributed by atoms with Crippen molar-refractivity contribution in [3.8, 4) is 17.2 Å². The first-order valence-corrected chi connectivity index (χ1v) is 13.9. The van der Waals surface area contributed by atoms with E-state index in [9.17, 15) is 9.59 Å². The van der Waals surface area contributed by atoms with Gasteiger partial charge in [-0.2, -0.15) is 0 Å². The monoisotopic (exact) mass is 570 g/mol. The molecular weight excluding hydrogens is 540 g/mol. The highest BCUT2D eigenvalue weighted by Crippen LogP contribution is 2.33. The average molecular weight is 571 g/mol. The summed E-state index contributed by atoms with van der Waals surface area (Å²) in [6.45, 7) is 4.12. The van der Waals surface area contributed by atoms with Gasteiger partial charge in [0.05, 0.1) is 30.9 Å². The lowest BCUT2D eigenvalue weighted by molar-refractivity contribution is -0.138. The number of hydrogen-bond acceptors (Lipinski definition) is 8. The molecule has 1 aromatic heterocycles. The summed E-state index contributed by atoms with van der Waals surface area (Å²) in [6.07, 6.45) is 1.79. The molecule has 0 unspecified atom stereocenters. The molecule has 3 aromatic carbocycles. The number of esters is 1. The van der Waals surface area contributed by atoms with Crippen LogP contribution in [0.15, 0.2) is 88.2 Å². The van der Waals surface area contributed by atoms with Crippen LogP contribution >= 0.6 is 11.3 Å². The van der Waals surface area contributed by atoms with Crippen LogP contribution in [0.5, 0.6) is 17.2 Å². The number of fused-ring (bicyclic) bond motifs is 1. The number of allylic oxidation sites excluding steroid dienone is 1. The third kappa shape index (κ3) is 5.81. The number of methoxy groups -OCH3 is 2. The molecule has 0 aliphatic carbocycles. The maximum atomic E-state index is 13.6. The fourth-order valence-electron chi connectivity index (χ4n) is 4.62. The molecule has 1 atom stereocenters. The van der Waals surface area contributed by atoms with Gasteiger partial charge in [0, 0.05) is 5.70 Å². The van der Waals surface area contributed by atoms with E-state index in [2.05, 4.69) is 0 Å². The number of hydrogen-bond donors (Lipinski definition) is 0. The first-order chi connectivity index (χ1) is 19.9. The Bertz CT molecular complexity index is 1770. The second kappa shape index (κ2) is 12.3. The third-order valence-corrected chi connectivity index (χ3v) is 7.68. The van der Waals surface area contributed by atoms with Crippen molar-refractivity contribution in [3.63, 3.8) is 0 Å². The first kappa shape index (κ1) is 27.9. The molecule has 5 rings (SSSR count). The maximum absolute atomic E-state index is 13.6. The minimum absolute atomic E-state index is 0.211. The molecule has 0 spiro atoms. The Hall–Kier alpha value is -4.63. The van der Waals surface area contributed by atoms with Crippen molar-refractivity contribution >= 4 is 29.1 Å². The van der Waals surface area contributed by atoms with Gasteiger partial charge in [-0.1, -0.05) is 59.9 Å². The molecular formula is C32H30N2O6S. The Morgan fingerprint density at radius 2 is 1.76 bits per heavy atom. The molecule has 0 radical (unpaired) electrons. The van der Waals surface area contributed by atoms with Gasteiger partial charge in [-0.25, -0.2) is 9.79 Å².